The van der Waals surface area contributed by atoms with Crippen molar-refractivity contribution in [2.45, 2.75) is 121 Å². The maximum absolute atomic E-state index is 12.8. The van der Waals surface area contributed by atoms with E-state index in [2.05, 4.69) is 20.1 Å². The van der Waals surface area contributed by atoms with Gasteiger partial charge in [-0.3, -0.25) is 37.3 Å². The number of alkyl halides is 6. The minimum absolute atomic E-state index is 0.0982. The minimum atomic E-state index is -4.78. The Morgan fingerprint density at radius 1 is 0.662 bits per heavy atom. The van der Waals surface area contributed by atoms with Gasteiger partial charge in [0, 0.05) is 37.4 Å². The van der Waals surface area contributed by atoms with Gasteiger partial charge in [0.15, 0.2) is 0 Å². The third-order valence-corrected chi connectivity index (χ3v) is 12.0. The lowest BCUT2D eigenvalue weighted by Gasteiger charge is -2.27. The number of aryl methyl sites for hydroxylation is 1. The number of benzene rings is 2. The van der Waals surface area contributed by atoms with Gasteiger partial charge in [-0.15, -0.1) is 26.3 Å². The molecule has 2 aromatic heterocycles. The maximum Gasteiger partial charge on any atom is 0.522 e. The number of ether oxygens (including phenoxy) is 2. The Morgan fingerprint density at radius 3 is 1.54 bits per heavy atom. The van der Waals surface area contributed by atoms with Gasteiger partial charge in [-0.05, 0) is 69.0 Å². The van der Waals surface area contributed by atoms with Crippen LogP contribution in [0.2, 0.25) is 10.0 Å². The van der Waals surface area contributed by atoms with Crippen molar-refractivity contribution in [1.82, 2.24) is 28.9 Å². The van der Waals surface area contributed by atoms with E-state index in [9.17, 15) is 55.7 Å². The molecular weight excluding hydrogens is 913 g/mol. The summed E-state index contributed by atoms with van der Waals surface area (Å²) in [6.45, 7) is -0.191. The quantitative estimate of drug-likeness (QED) is 0.0740. The van der Waals surface area contributed by atoms with Gasteiger partial charge >= 0.3 is 24.1 Å². The second-order valence-electron chi connectivity index (χ2n) is 16.3. The van der Waals surface area contributed by atoms with Crippen LogP contribution >= 0.6 is 23.2 Å². The highest BCUT2D eigenvalue weighted by molar-refractivity contribution is 6.34. The van der Waals surface area contributed by atoms with Gasteiger partial charge in [-0.1, -0.05) is 74.6 Å². The first-order valence-corrected chi connectivity index (χ1v) is 21.9. The normalized spacial score (nSPS) is 16.5. The topological polar surface area (TPSA) is 171 Å². The fraction of sp³-hybridized carbons (Fsp3) is 0.535. The molecule has 0 radical (unpaired) electrons. The van der Waals surface area contributed by atoms with Crippen LogP contribution in [0.1, 0.15) is 103 Å². The van der Waals surface area contributed by atoms with Crippen LogP contribution in [0.4, 0.5) is 26.3 Å². The van der Waals surface area contributed by atoms with Gasteiger partial charge in [-0.2, -0.15) is 0 Å². The summed E-state index contributed by atoms with van der Waals surface area (Å²) in [6, 6.07) is 8.85. The molecule has 65 heavy (non-hydrogen) atoms. The van der Waals surface area contributed by atoms with Gasteiger partial charge in [0.1, 0.15) is 0 Å². The van der Waals surface area contributed by atoms with Crippen LogP contribution in [0.25, 0.3) is 11.4 Å². The van der Waals surface area contributed by atoms with Crippen molar-refractivity contribution in [1.29, 1.82) is 0 Å². The highest BCUT2D eigenvalue weighted by atomic mass is 35.5. The first kappa shape index (κ1) is 51.4. The van der Waals surface area contributed by atoms with Gasteiger partial charge in [0.05, 0.1) is 70.1 Å². The number of rotatable bonds is 14. The number of imidazole rings is 2. The molecule has 4 aromatic rings. The van der Waals surface area contributed by atoms with Gasteiger partial charge in [0.2, 0.25) is 0 Å². The Hall–Kier alpha value is -4.60. The van der Waals surface area contributed by atoms with Crippen molar-refractivity contribution in [2.75, 3.05) is 26.3 Å². The monoisotopic (exact) mass is 964 g/mol. The molecule has 2 aliphatic carbocycles. The number of aromatic nitrogens is 4. The van der Waals surface area contributed by atoms with Crippen molar-refractivity contribution >= 4 is 35.0 Å². The number of nitrogens with one attached hydrogen (secondary N) is 2. The smallest absolute Gasteiger partial charge is 0.388 e. The van der Waals surface area contributed by atoms with E-state index in [1.165, 1.54) is 64.1 Å². The van der Waals surface area contributed by atoms with Crippen molar-refractivity contribution < 1.29 is 55.6 Å². The summed E-state index contributed by atoms with van der Waals surface area (Å²) in [5.74, 6) is -0.970. The molecule has 0 bridgehead atoms. The van der Waals surface area contributed by atoms with Gasteiger partial charge < -0.3 is 20.8 Å². The number of hydrogen-bond acceptors (Lipinski definition) is 8. The molecule has 2 fully saturated rings. The second kappa shape index (κ2) is 22.3. The van der Waals surface area contributed by atoms with E-state index in [0.29, 0.717) is 42.8 Å². The number of aliphatic hydroxyl groups is 2. The average molecular weight is 966 g/mol. The molecule has 0 atom stereocenters. The standard InChI is InChI=1S/C22H27ClF3N3O4.C21H25ClF3N3O4/c1-15-13-29(20(31)28(15)10-11-33-22(24,25)26)16-6-7-18(23)17(12-16)19(30)27-14-21(32)8-4-2-3-5-9-21;22-17-6-5-15(28-10-9-27(19(28)30)11-12-32-21(23,24)25)13-16(17)18(29)26-14-20(31)7-3-1-2-4-8-20/h6-7,12-13,32H,2-5,8-11,14H2,1H3,(H,27,30);5-6,9-10,13,31H,1-4,7-8,11-12,14H2,(H,26,29). The number of carbonyl (C=O) groups excluding carboxylic acids is 2. The summed E-state index contributed by atoms with van der Waals surface area (Å²) in [5.41, 5.74) is -1.72. The van der Waals surface area contributed by atoms with E-state index in [0.717, 1.165) is 60.5 Å². The first-order valence-electron chi connectivity index (χ1n) is 21.2. The molecule has 2 amide bonds. The third-order valence-electron chi connectivity index (χ3n) is 11.4. The lowest BCUT2D eigenvalue weighted by molar-refractivity contribution is -0.326. The number of carbonyl (C=O) groups is 2. The summed E-state index contributed by atoms with van der Waals surface area (Å²) in [7, 11) is 0. The number of nitrogens with zero attached hydrogens (tertiary/aromatic N) is 4. The van der Waals surface area contributed by atoms with E-state index in [-0.39, 0.29) is 47.4 Å². The third kappa shape index (κ3) is 15.0. The highest BCUT2D eigenvalue weighted by Crippen LogP contribution is 2.29. The van der Waals surface area contributed by atoms with Crippen molar-refractivity contribution in [3.63, 3.8) is 0 Å². The number of halogens is 8. The predicted octanol–water partition coefficient (Wildman–Crippen LogP) is 7.60. The zero-order chi connectivity index (χ0) is 47.6. The Labute approximate surface area is 380 Å². The molecule has 6 rings (SSSR count). The van der Waals surface area contributed by atoms with Crippen LogP contribution in [0.3, 0.4) is 0 Å². The van der Waals surface area contributed by atoms with Crippen molar-refractivity contribution in [3.05, 3.63) is 103 Å². The van der Waals surface area contributed by atoms with Crippen LogP contribution in [0, 0.1) is 6.92 Å². The molecule has 22 heteroatoms. The van der Waals surface area contributed by atoms with Crippen LogP contribution in [0.15, 0.2) is 64.6 Å². The zero-order valence-corrected chi connectivity index (χ0v) is 37.1. The van der Waals surface area contributed by atoms with E-state index >= 15 is 0 Å². The van der Waals surface area contributed by atoms with Gasteiger partial charge in [-0.25, -0.2) is 9.59 Å². The highest BCUT2D eigenvalue weighted by Gasteiger charge is 2.32. The molecule has 2 aromatic carbocycles. The van der Waals surface area contributed by atoms with Gasteiger partial charge in [0.25, 0.3) is 11.8 Å². The van der Waals surface area contributed by atoms with Crippen LogP contribution in [-0.2, 0) is 22.6 Å². The molecule has 2 aliphatic rings. The SMILES string of the molecule is Cc1cn(-c2ccc(Cl)c(C(=O)NCC3(O)CCCCCC3)c2)c(=O)n1CCOC(F)(F)F.O=C(NCC1(O)CCCCCC1)c1cc(-n2ccn(CCOC(F)(F)F)c2=O)ccc1Cl. The Balaban J connectivity index is 0.000000244. The lowest BCUT2D eigenvalue weighted by atomic mass is 9.94. The lowest BCUT2D eigenvalue weighted by Crippen LogP contribution is -2.42. The second-order valence-corrected chi connectivity index (χ2v) is 17.1. The average Bonchev–Trinajstić information content (AvgIpc) is 3.51. The minimum Gasteiger partial charge on any atom is -0.388 e. The van der Waals surface area contributed by atoms with Crippen LogP contribution < -0.4 is 22.0 Å². The molecule has 0 aliphatic heterocycles. The Bertz CT molecular complexity index is 2360. The molecule has 14 nitrogen and oxygen atoms in total. The largest absolute Gasteiger partial charge is 0.522 e. The fourth-order valence-corrected chi connectivity index (χ4v) is 8.23. The summed E-state index contributed by atoms with van der Waals surface area (Å²) in [5, 5.41) is 27.3. The number of amides is 2. The Kier molecular flexibility index (Phi) is 17.6. The molecule has 0 saturated heterocycles. The molecule has 358 valence electrons. The van der Waals surface area contributed by atoms with E-state index in [4.69, 9.17) is 23.2 Å². The number of hydrogen-bond donors (Lipinski definition) is 4. The van der Waals surface area contributed by atoms with Crippen LogP contribution in [-0.4, -0.2) is 90.5 Å². The molecule has 0 spiro atoms. The van der Waals surface area contributed by atoms with Crippen molar-refractivity contribution in [3.8, 4) is 11.4 Å². The van der Waals surface area contributed by atoms with Crippen LogP contribution in [0.5, 0.6) is 0 Å². The summed E-state index contributed by atoms with van der Waals surface area (Å²) in [6.07, 6.45) is 4.91. The Morgan fingerprint density at radius 2 is 1.09 bits per heavy atom. The van der Waals surface area contributed by atoms with E-state index in [1.807, 2.05) is 0 Å². The fourth-order valence-electron chi connectivity index (χ4n) is 7.82. The van der Waals surface area contributed by atoms with E-state index in [1.54, 1.807) is 6.92 Å². The van der Waals surface area contributed by atoms with Crippen molar-refractivity contribution in [2.24, 2.45) is 0 Å². The summed E-state index contributed by atoms with van der Waals surface area (Å²) >= 11 is 12.4. The maximum atomic E-state index is 12.8. The van der Waals surface area contributed by atoms with E-state index < -0.39 is 60.3 Å². The molecule has 2 saturated carbocycles. The predicted molar refractivity (Wildman–Crippen MR) is 229 cm³/mol. The zero-order valence-electron chi connectivity index (χ0n) is 35.6. The molecular formula is C43H52Cl2F6N6O8. The molecule has 4 N–H and O–H groups in total. The molecule has 0 unspecified atom stereocenters. The molecule has 2 heterocycles. The first-order chi connectivity index (χ1) is 30.6. The summed E-state index contributed by atoms with van der Waals surface area (Å²) in [4.78, 5) is 50.8. The summed E-state index contributed by atoms with van der Waals surface area (Å²) < 4.78 is 85.2.